The monoisotopic (exact) mass is 555 g/mol. The molecule has 198 valence electrons. The Morgan fingerprint density at radius 3 is 2.81 bits per heavy atom. The van der Waals surface area contributed by atoms with E-state index >= 15 is 0 Å². The molecule has 6 heteroatoms. The molecule has 5 nitrogen and oxygen atoms in total. The second-order valence-electron chi connectivity index (χ2n) is 10.8. The number of rotatable bonds is 13. The fourth-order valence-electron chi connectivity index (χ4n) is 5.24. The predicted octanol–water partition coefficient (Wildman–Crippen LogP) is 8.15. The highest BCUT2D eigenvalue weighted by atomic mass is 79.9. The van der Waals surface area contributed by atoms with Gasteiger partial charge in [0.1, 0.15) is 5.82 Å². The van der Waals surface area contributed by atoms with Gasteiger partial charge in [0.2, 0.25) is 0 Å². The maximum atomic E-state index is 4.90. The van der Waals surface area contributed by atoms with E-state index in [4.69, 9.17) is 4.98 Å². The minimum atomic E-state index is 0.641. The summed E-state index contributed by atoms with van der Waals surface area (Å²) in [6.07, 6.45) is 16.9. The average Bonchev–Trinajstić information content (AvgIpc) is 3.25. The zero-order valence-electron chi connectivity index (χ0n) is 23.1. The SMILES string of the molecule is C=C/C=C\C(C)=C(/C)c1cc(NCC2CCCN(C(CCC)CCCC(C)C)C2)n2ncc(Br)c2n1. The summed E-state index contributed by atoms with van der Waals surface area (Å²) in [6, 6.07) is 2.87. The van der Waals surface area contributed by atoms with Crippen LogP contribution < -0.4 is 5.32 Å². The molecule has 2 aromatic heterocycles. The second kappa shape index (κ2) is 14.1. The van der Waals surface area contributed by atoms with E-state index in [0.717, 1.165) is 45.7 Å². The zero-order valence-corrected chi connectivity index (χ0v) is 24.6. The summed E-state index contributed by atoms with van der Waals surface area (Å²) in [5.41, 5.74) is 4.14. The summed E-state index contributed by atoms with van der Waals surface area (Å²) in [5, 5.41) is 8.34. The number of hydrogen-bond donors (Lipinski definition) is 1. The van der Waals surface area contributed by atoms with E-state index in [9.17, 15) is 0 Å². The van der Waals surface area contributed by atoms with Crippen molar-refractivity contribution >= 4 is 33.0 Å². The molecule has 0 radical (unpaired) electrons. The molecule has 0 aliphatic carbocycles. The highest BCUT2D eigenvalue weighted by Crippen LogP contribution is 2.27. The summed E-state index contributed by atoms with van der Waals surface area (Å²) >= 11 is 3.64. The molecule has 1 N–H and O–H groups in total. The fourth-order valence-corrected chi connectivity index (χ4v) is 5.59. The first-order chi connectivity index (χ1) is 17.3. The van der Waals surface area contributed by atoms with Gasteiger partial charge < -0.3 is 10.2 Å². The molecule has 3 rings (SSSR count). The largest absolute Gasteiger partial charge is 0.370 e. The van der Waals surface area contributed by atoms with E-state index in [0.29, 0.717) is 5.92 Å². The van der Waals surface area contributed by atoms with E-state index in [2.05, 4.69) is 84.6 Å². The third-order valence-electron chi connectivity index (χ3n) is 7.47. The number of fused-ring (bicyclic) bond motifs is 1. The van der Waals surface area contributed by atoms with Gasteiger partial charge in [-0.2, -0.15) is 9.61 Å². The normalized spacial score (nSPS) is 18.7. The number of nitrogens with zero attached hydrogens (tertiary/aromatic N) is 4. The lowest BCUT2D eigenvalue weighted by atomic mass is 9.93. The number of aromatic nitrogens is 3. The Morgan fingerprint density at radius 2 is 2.08 bits per heavy atom. The van der Waals surface area contributed by atoms with Gasteiger partial charge in [-0.1, -0.05) is 64.8 Å². The molecular formula is C30H46BrN5. The van der Waals surface area contributed by atoms with Crippen LogP contribution in [0.3, 0.4) is 0 Å². The Bertz CT molecular complexity index is 1050. The molecule has 3 heterocycles. The van der Waals surface area contributed by atoms with Crippen LogP contribution in [0.15, 0.2) is 47.1 Å². The van der Waals surface area contributed by atoms with Crippen molar-refractivity contribution in [1.82, 2.24) is 19.5 Å². The Kier molecular flexibility index (Phi) is 11.2. The molecule has 0 amide bonds. The van der Waals surface area contributed by atoms with Crippen LogP contribution in [-0.4, -0.2) is 45.2 Å². The standard InChI is InChI=1S/C30H46BrN5/c1-7-9-14-23(5)24(6)28-18-29(36-30(34-28)27(31)20-33-36)32-19-25-15-11-17-35(21-25)26(12-8-2)16-10-13-22(3)4/h7,9,14,18,20,22,25-26,32H,1,8,10-13,15-17,19,21H2,2-6H3/b14-9-,24-23+. The number of hydrogen-bond acceptors (Lipinski definition) is 4. The molecule has 1 saturated heterocycles. The molecular weight excluding hydrogens is 510 g/mol. The molecule has 1 aliphatic heterocycles. The van der Waals surface area contributed by atoms with Gasteiger partial charge in [0.15, 0.2) is 5.65 Å². The van der Waals surface area contributed by atoms with Crippen LogP contribution in [0.5, 0.6) is 0 Å². The Morgan fingerprint density at radius 1 is 1.28 bits per heavy atom. The summed E-state index contributed by atoms with van der Waals surface area (Å²) in [5.74, 6) is 2.44. The molecule has 0 aromatic carbocycles. The third-order valence-corrected chi connectivity index (χ3v) is 8.03. The molecule has 2 unspecified atom stereocenters. The molecule has 0 bridgehead atoms. The van der Waals surface area contributed by atoms with Crippen molar-refractivity contribution in [1.29, 1.82) is 0 Å². The van der Waals surface area contributed by atoms with Crippen molar-refractivity contribution in [3.05, 3.63) is 52.8 Å². The Balaban J connectivity index is 1.74. The van der Waals surface area contributed by atoms with Crippen LogP contribution in [0, 0.1) is 11.8 Å². The van der Waals surface area contributed by atoms with Crippen molar-refractivity contribution in [2.45, 2.75) is 85.6 Å². The first-order valence-electron chi connectivity index (χ1n) is 13.8. The highest BCUT2D eigenvalue weighted by Gasteiger charge is 2.25. The molecule has 1 aliphatic rings. The van der Waals surface area contributed by atoms with Gasteiger partial charge in [0.05, 0.1) is 16.4 Å². The second-order valence-corrected chi connectivity index (χ2v) is 11.7. The topological polar surface area (TPSA) is 45.5 Å². The zero-order chi connectivity index (χ0) is 26.1. The van der Waals surface area contributed by atoms with Crippen LogP contribution in [0.2, 0.25) is 0 Å². The van der Waals surface area contributed by atoms with Gasteiger partial charge >= 0.3 is 0 Å². The fraction of sp³-hybridized carbons (Fsp3) is 0.600. The number of nitrogens with one attached hydrogen (secondary N) is 1. The van der Waals surface area contributed by atoms with Gasteiger partial charge in [0, 0.05) is 25.2 Å². The first kappa shape index (κ1) is 28.6. The number of allylic oxidation sites excluding steroid dienone is 5. The minimum Gasteiger partial charge on any atom is -0.370 e. The van der Waals surface area contributed by atoms with Gasteiger partial charge in [0.25, 0.3) is 0 Å². The van der Waals surface area contributed by atoms with Gasteiger partial charge in [-0.05, 0) is 85.0 Å². The van der Waals surface area contributed by atoms with E-state index in [1.165, 1.54) is 63.6 Å². The molecule has 2 atom stereocenters. The van der Waals surface area contributed by atoms with Crippen LogP contribution in [0.1, 0.15) is 85.3 Å². The van der Waals surface area contributed by atoms with Crippen molar-refractivity contribution in [3.8, 4) is 0 Å². The van der Waals surface area contributed by atoms with Gasteiger partial charge in [-0.25, -0.2) is 4.98 Å². The van der Waals surface area contributed by atoms with E-state index in [1.807, 2.05) is 16.8 Å². The van der Waals surface area contributed by atoms with Crippen LogP contribution in [0.4, 0.5) is 5.82 Å². The van der Waals surface area contributed by atoms with Crippen molar-refractivity contribution in [2.75, 3.05) is 25.0 Å². The summed E-state index contributed by atoms with van der Waals surface area (Å²) in [7, 11) is 0. The van der Waals surface area contributed by atoms with Crippen molar-refractivity contribution < 1.29 is 0 Å². The highest BCUT2D eigenvalue weighted by molar-refractivity contribution is 9.10. The lowest BCUT2D eigenvalue weighted by Gasteiger charge is -2.39. The molecule has 2 aromatic rings. The maximum Gasteiger partial charge on any atom is 0.172 e. The Labute approximate surface area is 227 Å². The van der Waals surface area contributed by atoms with E-state index in [1.54, 1.807) is 6.08 Å². The van der Waals surface area contributed by atoms with Gasteiger partial charge in [-0.15, -0.1) is 0 Å². The van der Waals surface area contributed by atoms with Crippen LogP contribution in [-0.2, 0) is 0 Å². The Hall–Kier alpha value is -1.92. The lowest BCUT2D eigenvalue weighted by Crippen LogP contribution is -2.44. The molecule has 1 fully saturated rings. The molecule has 0 spiro atoms. The van der Waals surface area contributed by atoms with E-state index in [-0.39, 0.29) is 0 Å². The predicted molar refractivity (Wildman–Crippen MR) is 158 cm³/mol. The quantitative estimate of drug-likeness (QED) is 0.253. The number of halogens is 1. The smallest absolute Gasteiger partial charge is 0.172 e. The molecule has 0 saturated carbocycles. The number of piperidine rings is 1. The molecule has 36 heavy (non-hydrogen) atoms. The summed E-state index contributed by atoms with van der Waals surface area (Å²) < 4.78 is 2.83. The maximum absolute atomic E-state index is 4.90. The minimum absolute atomic E-state index is 0.641. The number of anilines is 1. The van der Waals surface area contributed by atoms with Crippen molar-refractivity contribution in [2.24, 2.45) is 11.8 Å². The van der Waals surface area contributed by atoms with Crippen LogP contribution in [0.25, 0.3) is 11.2 Å². The summed E-state index contributed by atoms with van der Waals surface area (Å²) in [4.78, 5) is 7.70. The number of likely N-dealkylation sites (tertiary alicyclic amines) is 1. The van der Waals surface area contributed by atoms with E-state index < -0.39 is 0 Å². The first-order valence-corrected chi connectivity index (χ1v) is 14.6. The average molecular weight is 557 g/mol. The van der Waals surface area contributed by atoms with Crippen LogP contribution >= 0.6 is 15.9 Å². The summed E-state index contributed by atoms with van der Waals surface area (Å²) in [6.45, 7) is 18.4. The lowest BCUT2D eigenvalue weighted by molar-refractivity contribution is 0.112. The van der Waals surface area contributed by atoms with Gasteiger partial charge in [-0.3, -0.25) is 0 Å². The van der Waals surface area contributed by atoms with Crippen molar-refractivity contribution in [3.63, 3.8) is 0 Å². The third kappa shape index (κ3) is 7.79.